The zero-order chi connectivity index (χ0) is 19.1. The average Bonchev–Trinajstić information content (AvgIpc) is 3.10. The van der Waals surface area contributed by atoms with Crippen LogP contribution < -0.4 is 5.56 Å². The molecule has 2 aromatic heterocycles. The van der Waals surface area contributed by atoms with Crippen LogP contribution in [0.3, 0.4) is 0 Å². The number of hydrogen-bond donors (Lipinski definition) is 1. The third kappa shape index (κ3) is 2.68. The van der Waals surface area contributed by atoms with Crippen molar-refractivity contribution in [3.05, 3.63) is 82.1 Å². The molecule has 0 spiro atoms. The fraction of sp³-hybridized carbons (Fsp3) is 0.250. The first-order valence-electron chi connectivity index (χ1n) is 10.0. The van der Waals surface area contributed by atoms with Gasteiger partial charge in [-0.1, -0.05) is 61.9 Å². The molecular formula is C24H23N3O. The van der Waals surface area contributed by atoms with E-state index >= 15 is 0 Å². The molecule has 0 bridgehead atoms. The predicted molar refractivity (Wildman–Crippen MR) is 113 cm³/mol. The molecule has 5 rings (SSSR count). The number of fused-ring (bicyclic) bond motifs is 3. The van der Waals surface area contributed by atoms with Crippen LogP contribution in [0.4, 0.5) is 0 Å². The molecule has 4 aromatic rings. The van der Waals surface area contributed by atoms with Gasteiger partial charge >= 0.3 is 0 Å². The number of hydrogen-bond acceptors (Lipinski definition) is 2. The summed E-state index contributed by atoms with van der Waals surface area (Å²) in [6, 6.07) is 20.0. The van der Waals surface area contributed by atoms with Gasteiger partial charge in [0, 0.05) is 5.56 Å². The summed E-state index contributed by atoms with van der Waals surface area (Å²) in [5, 5.41) is 4.02. The average molecular weight is 369 g/mol. The van der Waals surface area contributed by atoms with E-state index in [0.717, 1.165) is 48.0 Å². The van der Waals surface area contributed by atoms with E-state index in [1.54, 1.807) is 4.68 Å². The second-order valence-corrected chi connectivity index (χ2v) is 7.61. The third-order valence-corrected chi connectivity index (χ3v) is 5.98. The molecule has 1 N–H and O–H groups in total. The van der Waals surface area contributed by atoms with Gasteiger partial charge in [0.2, 0.25) is 0 Å². The van der Waals surface area contributed by atoms with E-state index in [9.17, 15) is 4.79 Å². The van der Waals surface area contributed by atoms with Gasteiger partial charge in [0.25, 0.3) is 5.56 Å². The second-order valence-electron chi connectivity index (χ2n) is 7.61. The maximum absolute atomic E-state index is 13.3. The van der Waals surface area contributed by atoms with Gasteiger partial charge in [0.1, 0.15) is 0 Å². The van der Waals surface area contributed by atoms with Crippen molar-refractivity contribution >= 4 is 11.0 Å². The van der Waals surface area contributed by atoms with Crippen molar-refractivity contribution in [2.24, 2.45) is 5.92 Å². The summed E-state index contributed by atoms with van der Waals surface area (Å²) < 4.78 is 1.62. The van der Waals surface area contributed by atoms with Crippen LogP contribution >= 0.6 is 0 Å². The molecule has 1 unspecified atom stereocenters. The van der Waals surface area contributed by atoms with E-state index in [0.29, 0.717) is 11.6 Å². The number of nitrogens with one attached hydrogen (secondary N) is 1. The second kappa shape index (κ2) is 6.79. The molecular weight excluding hydrogens is 346 g/mol. The molecule has 2 aromatic carbocycles. The summed E-state index contributed by atoms with van der Waals surface area (Å²) in [7, 11) is 0. The Kier molecular flexibility index (Phi) is 4.12. The Morgan fingerprint density at radius 2 is 1.75 bits per heavy atom. The van der Waals surface area contributed by atoms with Gasteiger partial charge in [0.15, 0.2) is 5.65 Å². The minimum atomic E-state index is -0.000454. The lowest BCUT2D eigenvalue weighted by Gasteiger charge is -2.25. The highest BCUT2D eigenvalue weighted by atomic mass is 16.1. The zero-order valence-electron chi connectivity index (χ0n) is 16.0. The maximum Gasteiger partial charge on any atom is 0.281 e. The first-order valence-corrected chi connectivity index (χ1v) is 10.0. The smallest absolute Gasteiger partial charge is 0.274 e. The van der Waals surface area contributed by atoms with Crippen molar-refractivity contribution in [1.82, 2.24) is 14.8 Å². The lowest BCUT2D eigenvalue weighted by molar-refractivity contribution is 0.446. The van der Waals surface area contributed by atoms with Gasteiger partial charge in [-0.15, -0.1) is 0 Å². The molecule has 0 amide bonds. The molecule has 140 valence electrons. The fourth-order valence-corrected chi connectivity index (χ4v) is 4.43. The van der Waals surface area contributed by atoms with Crippen LogP contribution in [0.25, 0.3) is 28.0 Å². The van der Waals surface area contributed by atoms with Crippen molar-refractivity contribution in [3.8, 4) is 16.9 Å². The van der Waals surface area contributed by atoms with E-state index in [1.165, 1.54) is 11.1 Å². The van der Waals surface area contributed by atoms with Crippen LogP contribution in [0, 0.1) is 5.92 Å². The standard InChI is InChI=1S/C24H23N3O/c1-2-16-13-14-19-20(15-16)22(17-9-5-3-6-10-17)25-23-21(19)24(28)27(26-23)18-11-7-4-8-12-18/h3-12,16H,2,13-15H2,1H3,(H,25,26). The Hall–Kier alpha value is -3.14. The highest BCUT2D eigenvalue weighted by molar-refractivity contribution is 5.85. The van der Waals surface area contributed by atoms with Gasteiger partial charge in [-0.3, -0.25) is 9.89 Å². The van der Waals surface area contributed by atoms with Crippen LogP contribution in [0.1, 0.15) is 30.9 Å². The van der Waals surface area contributed by atoms with Crippen molar-refractivity contribution in [3.63, 3.8) is 0 Å². The molecule has 0 aliphatic heterocycles. The quantitative estimate of drug-likeness (QED) is 0.559. The van der Waals surface area contributed by atoms with Crippen LogP contribution in [-0.4, -0.2) is 14.8 Å². The molecule has 1 aliphatic rings. The number of para-hydroxylation sites is 1. The van der Waals surface area contributed by atoms with E-state index < -0.39 is 0 Å². The summed E-state index contributed by atoms with van der Waals surface area (Å²) in [5.41, 5.74) is 6.09. The van der Waals surface area contributed by atoms with Crippen LogP contribution in [0.5, 0.6) is 0 Å². The Morgan fingerprint density at radius 3 is 2.46 bits per heavy atom. The van der Waals surface area contributed by atoms with Crippen molar-refractivity contribution < 1.29 is 0 Å². The van der Waals surface area contributed by atoms with Crippen LogP contribution in [0.2, 0.25) is 0 Å². The topological polar surface area (TPSA) is 50.7 Å². The lowest BCUT2D eigenvalue weighted by Crippen LogP contribution is -2.19. The Bertz CT molecular complexity index is 1190. The number of aryl methyl sites for hydroxylation is 1. The minimum absolute atomic E-state index is 0.000454. The fourth-order valence-electron chi connectivity index (χ4n) is 4.43. The number of rotatable bonds is 3. The lowest BCUT2D eigenvalue weighted by atomic mass is 9.80. The largest absolute Gasteiger partial charge is 0.281 e. The molecule has 0 saturated carbocycles. The molecule has 1 aliphatic carbocycles. The van der Waals surface area contributed by atoms with Gasteiger partial charge in [-0.25, -0.2) is 9.67 Å². The van der Waals surface area contributed by atoms with E-state index in [4.69, 9.17) is 4.98 Å². The van der Waals surface area contributed by atoms with Crippen LogP contribution in [-0.2, 0) is 12.8 Å². The first-order chi connectivity index (χ1) is 13.8. The highest BCUT2D eigenvalue weighted by Crippen LogP contribution is 2.36. The summed E-state index contributed by atoms with van der Waals surface area (Å²) in [6.07, 6.45) is 4.23. The molecule has 28 heavy (non-hydrogen) atoms. The van der Waals surface area contributed by atoms with Gasteiger partial charge in [-0.2, -0.15) is 0 Å². The molecule has 4 heteroatoms. The zero-order valence-corrected chi connectivity index (χ0v) is 16.0. The van der Waals surface area contributed by atoms with Gasteiger partial charge in [-0.05, 0) is 48.4 Å². The Balaban J connectivity index is 1.80. The Labute approximate surface area is 163 Å². The number of benzene rings is 2. The summed E-state index contributed by atoms with van der Waals surface area (Å²) >= 11 is 0. The SMILES string of the molecule is CCC1CCc2c(c(-c3ccccc3)nc3[nH]n(-c4ccccc4)c(=O)c23)C1. The first kappa shape index (κ1) is 17.0. The molecule has 0 fully saturated rings. The van der Waals surface area contributed by atoms with E-state index in [-0.39, 0.29) is 5.56 Å². The Morgan fingerprint density at radius 1 is 1.04 bits per heavy atom. The normalized spacial score (nSPS) is 16.2. The maximum atomic E-state index is 13.3. The van der Waals surface area contributed by atoms with Gasteiger partial charge in [0.05, 0.1) is 16.8 Å². The van der Waals surface area contributed by atoms with Crippen LogP contribution in [0.15, 0.2) is 65.5 Å². The number of nitrogens with zero attached hydrogens (tertiary/aromatic N) is 2. The minimum Gasteiger partial charge on any atom is -0.274 e. The van der Waals surface area contributed by atoms with E-state index in [1.807, 2.05) is 48.5 Å². The summed E-state index contributed by atoms with van der Waals surface area (Å²) in [6.45, 7) is 2.25. The number of aromatic nitrogens is 3. The molecule has 0 radical (unpaired) electrons. The number of aromatic amines is 1. The highest BCUT2D eigenvalue weighted by Gasteiger charge is 2.26. The molecule has 0 saturated heterocycles. The number of H-pyrrole nitrogens is 1. The summed E-state index contributed by atoms with van der Waals surface area (Å²) in [4.78, 5) is 18.2. The van der Waals surface area contributed by atoms with Crippen molar-refractivity contribution in [2.75, 3.05) is 0 Å². The summed E-state index contributed by atoms with van der Waals surface area (Å²) in [5.74, 6) is 0.657. The van der Waals surface area contributed by atoms with Crippen molar-refractivity contribution in [1.29, 1.82) is 0 Å². The van der Waals surface area contributed by atoms with Crippen molar-refractivity contribution in [2.45, 2.75) is 32.6 Å². The molecule has 2 heterocycles. The van der Waals surface area contributed by atoms with E-state index in [2.05, 4.69) is 24.2 Å². The predicted octanol–water partition coefficient (Wildman–Crippen LogP) is 4.90. The molecule has 4 nitrogen and oxygen atoms in total. The molecule has 1 atom stereocenters. The van der Waals surface area contributed by atoms with Gasteiger partial charge < -0.3 is 0 Å². The third-order valence-electron chi connectivity index (χ3n) is 5.98. The number of pyridine rings is 1. The monoisotopic (exact) mass is 369 g/mol.